The average molecular weight is 313 g/mol. The van der Waals surface area contributed by atoms with Gasteiger partial charge in [-0.1, -0.05) is 6.58 Å². The molecule has 1 aliphatic carbocycles. The van der Waals surface area contributed by atoms with Gasteiger partial charge >= 0.3 is 5.97 Å². The number of carbonyl (C=O) groups excluding carboxylic acids is 1. The highest BCUT2D eigenvalue weighted by Crippen LogP contribution is 2.60. The van der Waals surface area contributed by atoms with Crippen LogP contribution in [-0.2, 0) is 14.3 Å². The molecule has 2 aromatic heterocycles. The maximum Gasteiger partial charge on any atom is 0.316 e. The molecule has 4 heterocycles. The van der Waals surface area contributed by atoms with Crippen LogP contribution in [-0.4, -0.2) is 51.8 Å². The van der Waals surface area contributed by atoms with E-state index in [4.69, 9.17) is 9.47 Å². The van der Waals surface area contributed by atoms with Crippen molar-refractivity contribution in [3.63, 3.8) is 0 Å². The van der Waals surface area contributed by atoms with Crippen LogP contribution < -0.4 is 4.90 Å². The lowest BCUT2D eigenvalue weighted by atomic mass is 10.3. The number of cyclic esters (lactones) is 1. The van der Waals surface area contributed by atoms with Crippen molar-refractivity contribution in [1.29, 1.82) is 0 Å². The lowest BCUT2D eigenvalue weighted by Crippen LogP contribution is -2.36. The molecule has 2 aromatic rings. The van der Waals surface area contributed by atoms with Crippen LogP contribution in [0, 0.1) is 11.8 Å². The Morgan fingerprint density at radius 2 is 2.00 bits per heavy atom. The molecular formula is C15H15N5O3. The first-order chi connectivity index (χ1) is 11.3. The molecule has 0 aromatic carbocycles. The molecule has 2 aliphatic heterocycles. The maximum absolute atomic E-state index is 11.8. The molecular weight excluding hydrogens is 298 g/mol. The molecule has 2 saturated heterocycles. The summed E-state index contributed by atoms with van der Waals surface area (Å²) < 4.78 is 12.4. The molecule has 3 atom stereocenters. The van der Waals surface area contributed by atoms with Crippen molar-refractivity contribution < 1.29 is 14.3 Å². The molecule has 1 unspecified atom stereocenters. The third kappa shape index (κ3) is 1.75. The lowest BCUT2D eigenvalue weighted by Gasteiger charge is -2.27. The summed E-state index contributed by atoms with van der Waals surface area (Å²) in [6.07, 6.45) is 3.30. The first-order valence-electron chi connectivity index (χ1n) is 7.66. The van der Waals surface area contributed by atoms with Gasteiger partial charge in [0.25, 0.3) is 0 Å². The Morgan fingerprint density at radius 3 is 2.74 bits per heavy atom. The highest BCUT2D eigenvalue weighted by molar-refractivity contribution is 5.86. The smallest absolute Gasteiger partial charge is 0.316 e. The van der Waals surface area contributed by atoms with Crippen molar-refractivity contribution in [2.75, 3.05) is 31.2 Å². The first kappa shape index (κ1) is 13.0. The lowest BCUT2D eigenvalue weighted by molar-refractivity contribution is -0.138. The summed E-state index contributed by atoms with van der Waals surface area (Å²) in [5.41, 5.74) is 1.51. The second-order valence-electron chi connectivity index (χ2n) is 6.05. The summed E-state index contributed by atoms with van der Waals surface area (Å²) in [6.45, 7) is 6.77. The number of hydrogen-bond acceptors (Lipinski definition) is 7. The summed E-state index contributed by atoms with van der Waals surface area (Å²) in [5.74, 6) is 1.07. The van der Waals surface area contributed by atoms with Gasteiger partial charge in [0.05, 0.1) is 37.4 Å². The van der Waals surface area contributed by atoms with Gasteiger partial charge in [0, 0.05) is 13.1 Å². The number of hydrogen-bond donors (Lipinski definition) is 0. The van der Waals surface area contributed by atoms with Gasteiger partial charge in [-0.05, 0) is 0 Å². The number of rotatable bonds is 2. The van der Waals surface area contributed by atoms with Gasteiger partial charge in [0.2, 0.25) is 0 Å². The van der Waals surface area contributed by atoms with E-state index in [1.54, 1.807) is 12.7 Å². The zero-order chi connectivity index (χ0) is 15.6. The van der Waals surface area contributed by atoms with Crippen molar-refractivity contribution in [2.45, 2.75) is 6.04 Å². The summed E-state index contributed by atoms with van der Waals surface area (Å²) >= 11 is 0. The number of anilines is 1. The number of aromatic nitrogens is 4. The van der Waals surface area contributed by atoms with Gasteiger partial charge in [-0.15, -0.1) is 0 Å². The summed E-state index contributed by atoms with van der Waals surface area (Å²) in [5, 5.41) is 0. The van der Waals surface area contributed by atoms with Gasteiger partial charge in [-0.25, -0.2) is 15.0 Å². The number of ether oxygens (including phenoxy) is 2. The van der Waals surface area contributed by atoms with Crippen LogP contribution in [0.2, 0.25) is 0 Å². The van der Waals surface area contributed by atoms with Crippen LogP contribution in [0.1, 0.15) is 6.04 Å². The second kappa shape index (κ2) is 4.51. The van der Waals surface area contributed by atoms with Crippen LogP contribution in [0.3, 0.4) is 0 Å². The summed E-state index contributed by atoms with van der Waals surface area (Å²) in [4.78, 5) is 27.3. The Hall–Kier alpha value is -2.48. The fraction of sp³-hybridized carbons (Fsp3) is 0.467. The Labute approximate surface area is 131 Å². The van der Waals surface area contributed by atoms with Crippen molar-refractivity contribution in [3.8, 4) is 0 Å². The van der Waals surface area contributed by atoms with E-state index < -0.39 is 0 Å². The number of imidazole rings is 1. The van der Waals surface area contributed by atoms with Crippen LogP contribution >= 0.6 is 0 Å². The molecule has 5 rings (SSSR count). The monoisotopic (exact) mass is 313 g/mol. The van der Waals surface area contributed by atoms with E-state index in [9.17, 15) is 4.79 Å². The van der Waals surface area contributed by atoms with Crippen molar-refractivity contribution in [3.05, 3.63) is 25.0 Å². The topological polar surface area (TPSA) is 82.4 Å². The van der Waals surface area contributed by atoms with Crippen LogP contribution in [0.25, 0.3) is 11.2 Å². The Kier molecular flexibility index (Phi) is 2.55. The highest BCUT2D eigenvalue weighted by Gasteiger charge is 2.64. The normalized spacial score (nSPS) is 29.7. The number of morpholine rings is 1. The fourth-order valence-electron chi connectivity index (χ4n) is 3.65. The van der Waals surface area contributed by atoms with Crippen LogP contribution in [0.4, 0.5) is 5.82 Å². The molecule has 23 heavy (non-hydrogen) atoms. The van der Waals surface area contributed by atoms with Gasteiger partial charge in [0.15, 0.2) is 17.0 Å². The van der Waals surface area contributed by atoms with Crippen LogP contribution in [0.5, 0.6) is 0 Å². The molecule has 8 heteroatoms. The third-order valence-electron chi connectivity index (χ3n) is 4.83. The molecule has 0 spiro atoms. The molecule has 0 bridgehead atoms. The van der Waals surface area contributed by atoms with Gasteiger partial charge < -0.3 is 18.9 Å². The Morgan fingerprint density at radius 1 is 1.17 bits per heavy atom. The van der Waals surface area contributed by atoms with Gasteiger partial charge in [-0.2, -0.15) is 0 Å². The SMILES string of the molecule is C=C1OC(=O)[C@@H]2C(n3cnc4c(N5CCOCC5)ncnc43)[C@H]12. The Bertz CT molecular complexity index is 806. The number of fused-ring (bicyclic) bond motifs is 2. The number of esters is 1. The second-order valence-corrected chi connectivity index (χ2v) is 6.05. The average Bonchev–Trinajstić information content (AvgIpc) is 3.06. The minimum absolute atomic E-state index is 0.0150. The highest BCUT2D eigenvalue weighted by atomic mass is 16.5. The van der Waals surface area contributed by atoms with Gasteiger partial charge in [-0.3, -0.25) is 4.79 Å². The first-order valence-corrected chi connectivity index (χ1v) is 7.66. The van der Waals surface area contributed by atoms with Gasteiger partial charge in [0.1, 0.15) is 12.1 Å². The van der Waals surface area contributed by atoms with Crippen molar-refractivity contribution >= 4 is 23.0 Å². The molecule has 0 amide bonds. The zero-order valence-electron chi connectivity index (χ0n) is 12.4. The molecule has 3 aliphatic rings. The standard InChI is InChI=1S/C15H15N5O3/c1-8-9-10(15(21)23-8)12(9)20-7-18-11-13(16-6-17-14(11)20)19-2-4-22-5-3-19/h6-7,9-10,12H,1-5H2/t9-,10+,12?/m1/s1. The fourth-order valence-corrected chi connectivity index (χ4v) is 3.65. The number of carbonyl (C=O) groups is 1. The molecule has 0 radical (unpaired) electrons. The predicted octanol–water partition coefficient (Wildman–Crippen LogP) is 0.520. The molecule has 118 valence electrons. The van der Waals surface area contributed by atoms with Crippen LogP contribution in [0.15, 0.2) is 25.0 Å². The molecule has 0 N–H and O–H groups in total. The van der Waals surface area contributed by atoms with E-state index in [0.29, 0.717) is 19.0 Å². The van der Waals surface area contributed by atoms with E-state index in [2.05, 4.69) is 26.4 Å². The van der Waals surface area contributed by atoms with E-state index in [0.717, 1.165) is 30.1 Å². The predicted molar refractivity (Wildman–Crippen MR) is 79.6 cm³/mol. The Balaban J connectivity index is 1.55. The minimum atomic E-state index is -0.200. The molecule has 8 nitrogen and oxygen atoms in total. The largest absolute Gasteiger partial charge is 0.431 e. The van der Waals surface area contributed by atoms with E-state index in [1.807, 2.05) is 4.57 Å². The van der Waals surface area contributed by atoms with E-state index in [-0.39, 0.29) is 23.8 Å². The maximum atomic E-state index is 11.8. The summed E-state index contributed by atoms with van der Waals surface area (Å²) in [7, 11) is 0. The van der Waals surface area contributed by atoms with Crippen molar-refractivity contribution in [2.24, 2.45) is 11.8 Å². The molecule has 1 saturated carbocycles. The number of nitrogens with zero attached hydrogens (tertiary/aromatic N) is 5. The minimum Gasteiger partial charge on any atom is -0.431 e. The molecule has 3 fully saturated rings. The summed E-state index contributed by atoms with van der Waals surface area (Å²) in [6, 6.07) is 0.0150. The zero-order valence-corrected chi connectivity index (χ0v) is 12.4. The third-order valence-corrected chi connectivity index (χ3v) is 4.83. The van der Waals surface area contributed by atoms with Crippen molar-refractivity contribution in [1.82, 2.24) is 19.5 Å². The van der Waals surface area contributed by atoms with E-state index >= 15 is 0 Å². The number of allylic oxidation sites excluding steroid dienone is 1. The quantitative estimate of drug-likeness (QED) is 0.747. The van der Waals surface area contributed by atoms with E-state index in [1.165, 1.54) is 0 Å².